The number of nitrogens with one attached hydrogen (secondary N) is 2. The van der Waals surface area contributed by atoms with Crippen LogP contribution in [-0.4, -0.2) is 38.6 Å². The zero-order valence-corrected chi connectivity index (χ0v) is 17.0. The summed E-state index contributed by atoms with van der Waals surface area (Å²) in [5, 5.41) is 6.25. The number of amides is 1. The Balaban J connectivity index is 1.77. The molecule has 0 spiro atoms. The van der Waals surface area contributed by atoms with Gasteiger partial charge in [0.15, 0.2) is 12.4 Å². The zero-order valence-electron chi connectivity index (χ0n) is 16.2. The minimum Gasteiger partial charge on any atom is -0.456 e. The van der Waals surface area contributed by atoms with Crippen molar-refractivity contribution in [1.82, 2.24) is 9.88 Å². The fraction of sp³-hybridized carbons (Fsp3) is 0.389. The first kappa shape index (κ1) is 21.6. The summed E-state index contributed by atoms with van der Waals surface area (Å²) >= 11 is 0. The summed E-state index contributed by atoms with van der Waals surface area (Å²) in [4.78, 5) is 23.6. The number of rotatable bonds is 8. The molecule has 1 heterocycles. The molecule has 2 rings (SSSR count). The van der Waals surface area contributed by atoms with Crippen molar-refractivity contribution in [1.29, 1.82) is 0 Å². The lowest BCUT2D eigenvalue weighted by atomic mass is 10.1. The normalized spacial score (nSPS) is 11.3. The topological polar surface area (TPSA) is 128 Å². The van der Waals surface area contributed by atoms with Crippen molar-refractivity contribution in [3.05, 3.63) is 40.8 Å². The Morgan fingerprint density at radius 2 is 1.89 bits per heavy atom. The fourth-order valence-corrected chi connectivity index (χ4v) is 3.93. The SMILES string of the molecule is Cc1ccc(NC(=O)COC(=O)CCNS(=O)(=O)c2c(C)noc2C)c(C)c1. The Labute approximate surface area is 163 Å². The number of carbonyl (C=O) groups excluding carboxylic acids is 2. The van der Waals surface area contributed by atoms with E-state index >= 15 is 0 Å². The van der Waals surface area contributed by atoms with Crippen LogP contribution < -0.4 is 10.0 Å². The van der Waals surface area contributed by atoms with E-state index in [0.717, 1.165) is 11.1 Å². The third-order valence-electron chi connectivity index (χ3n) is 3.88. The number of hydrogen-bond donors (Lipinski definition) is 2. The Bertz CT molecular complexity index is 962. The van der Waals surface area contributed by atoms with Crippen LogP contribution in [0.5, 0.6) is 0 Å². The largest absolute Gasteiger partial charge is 0.456 e. The van der Waals surface area contributed by atoms with Crippen molar-refractivity contribution in [3.8, 4) is 0 Å². The van der Waals surface area contributed by atoms with Crippen molar-refractivity contribution in [2.45, 2.75) is 39.0 Å². The highest BCUT2D eigenvalue weighted by Crippen LogP contribution is 2.18. The molecule has 2 aromatic rings. The lowest BCUT2D eigenvalue weighted by molar-refractivity contribution is -0.147. The molecule has 0 unspecified atom stereocenters. The van der Waals surface area contributed by atoms with E-state index in [1.165, 1.54) is 13.8 Å². The first-order valence-electron chi connectivity index (χ1n) is 8.55. The molecule has 0 bridgehead atoms. The van der Waals surface area contributed by atoms with Crippen LogP contribution in [0.3, 0.4) is 0 Å². The average molecular weight is 409 g/mol. The number of anilines is 1. The second kappa shape index (κ2) is 8.98. The van der Waals surface area contributed by atoms with Crippen LogP contribution in [0.15, 0.2) is 27.6 Å². The Morgan fingerprint density at radius 3 is 2.50 bits per heavy atom. The van der Waals surface area contributed by atoms with Gasteiger partial charge in [-0.1, -0.05) is 22.9 Å². The number of carbonyl (C=O) groups is 2. The van der Waals surface area contributed by atoms with E-state index in [4.69, 9.17) is 9.26 Å². The van der Waals surface area contributed by atoms with Gasteiger partial charge in [0.25, 0.3) is 5.91 Å². The smallest absolute Gasteiger partial charge is 0.307 e. The number of esters is 1. The molecule has 0 atom stereocenters. The van der Waals surface area contributed by atoms with Crippen molar-refractivity contribution < 1.29 is 27.3 Å². The number of hydrogen-bond acceptors (Lipinski definition) is 7. The second-order valence-electron chi connectivity index (χ2n) is 6.33. The highest BCUT2D eigenvalue weighted by Gasteiger charge is 2.24. The summed E-state index contributed by atoms with van der Waals surface area (Å²) in [6.07, 6.45) is -0.223. The monoisotopic (exact) mass is 409 g/mol. The maximum Gasteiger partial charge on any atom is 0.307 e. The van der Waals surface area contributed by atoms with Crippen molar-refractivity contribution in [2.75, 3.05) is 18.5 Å². The van der Waals surface area contributed by atoms with Gasteiger partial charge in [-0.2, -0.15) is 0 Å². The zero-order chi connectivity index (χ0) is 20.9. The predicted molar refractivity (Wildman–Crippen MR) is 101 cm³/mol. The molecule has 0 aliphatic heterocycles. The minimum absolute atomic E-state index is 0.0475. The number of benzene rings is 1. The highest BCUT2D eigenvalue weighted by molar-refractivity contribution is 7.89. The van der Waals surface area contributed by atoms with Gasteiger partial charge in [-0.15, -0.1) is 0 Å². The first-order valence-corrected chi connectivity index (χ1v) is 10.0. The molecule has 2 N–H and O–H groups in total. The van der Waals surface area contributed by atoms with Gasteiger partial charge in [0.2, 0.25) is 10.0 Å². The van der Waals surface area contributed by atoms with Gasteiger partial charge < -0.3 is 14.6 Å². The van der Waals surface area contributed by atoms with Crippen molar-refractivity contribution in [2.24, 2.45) is 0 Å². The molecule has 9 nitrogen and oxygen atoms in total. The molecule has 28 heavy (non-hydrogen) atoms. The fourth-order valence-electron chi connectivity index (χ4n) is 2.58. The summed E-state index contributed by atoms with van der Waals surface area (Å²) in [6.45, 7) is 6.16. The van der Waals surface area contributed by atoms with E-state index in [0.29, 0.717) is 5.69 Å². The summed E-state index contributed by atoms with van der Waals surface area (Å²) in [5.41, 5.74) is 2.84. The van der Waals surface area contributed by atoms with Gasteiger partial charge in [0.1, 0.15) is 10.6 Å². The maximum absolute atomic E-state index is 12.2. The number of aromatic nitrogens is 1. The Hall–Kier alpha value is -2.72. The number of aryl methyl sites for hydroxylation is 4. The van der Waals surface area contributed by atoms with Crippen LogP contribution in [0.2, 0.25) is 0 Å². The standard InChI is InChI=1S/C18H23N3O6S/c1-11-5-6-15(12(2)9-11)20-16(22)10-26-17(23)7-8-19-28(24,25)18-13(3)21-27-14(18)4/h5-6,9,19H,7-8,10H2,1-4H3,(H,20,22). The molecule has 0 radical (unpaired) electrons. The van der Waals surface area contributed by atoms with Gasteiger partial charge in [-0.05, 0) is 39.3 Å². The van der Waals surface area contributed by atoms with Crippen molar-refractivity contribution >= 4 is 27.6 Å². The number of nitrogens with zero attached hydrogens (tertiary/aromatic N) is 1. The molecular formula is C18H23N3O6S. The van der Waals surface area contributed by atoms with Gasteiger partial charge in [0, 0.05) is 12.2 Å². The van der Waals surface area contributed by atoms with E-state index in [9.17, 15) is 18.0 Å². The maximum atomic E-state index is 12.2. The van der Waals surface area contributed by atoms with Gasteiger partial charge in [0.05, 0.1) is 6.42 Å². The number of ether oxygens (including phenoxy) is 1. The molecule has 1 amide bonds. The third kappa shape index (κ3) is 5.64. The summed E-state index contributed by atoms with van der Waals surface area (Å²) in [6, 6.07) is 5.56. The predicted octanol–water partition coefficient (Wildman–Crippen LogP) is 1.76. The Morgan fingerprint density at radius 1 is 1.18 bits per heavy atom. The van der Waals surface area contributed by atoms with Crippen LogP contribution in [0.4, 0.5) is 5.69 Å². The molecule has 1 aromatic heterocycles. The summed E-state index contributed by atoms with van der Waals surface area (Å²) < 4.78 is 36.4. The number of sulfonamides is 1. The minimum atomic E-state index is -3.85. The molecule has 0 saturated carbocycles. The van der Waals surface area contributed by atoms with Gasteiger partial charge >= 0.3 is 5.97 Å². The van der Waals surface area contributed by atoms with Gasteiger partial charge in [-0.25, -0.2) is 13.1 Å². The molecule has 1 aromatic carbocycles. The molecule has 10 heteroatoms. The van der Waals surface area contributed by atoms with Crippen LogP contribution in [0, 0.1) is 27.7 Å². The van der Waals surface area contributed by atoms with E-state index in [1.807, 2.05) is 26.0 Å². The highest BCUT2D eigenvalue weighted by atomic mass is 32.2. The van der Waals surface area contributed by atoms with Crippen LogP contribution >= 0.6 is 0 Å². The average Bonchev–Trinajstić information content (AvgIpc) is 2.95. The molecule has 0 fully saturated rings. The van der Waals surface area contributed by atoms with E-state index in [1.54, 1.807) is 6.07 Å². The van der Waals surface area contributed by atoms with Crippen LogP contribution in [0.25, 0.3) is 0 Å². The Kier molecular flexibility index (Phi) is 6.92. The van der Waals surface area contributed by atoms with E-state index in [2.05, 4.69) is 15.2 Å². The molecule has 0 saturated heterocycles. The molecular weight excluding hydrogens is 386 g/mol. The van der Waals surface area contributed by atoms with E-state index in [-0.39, 0.29) is 29.3 Å². The van der Waals surface area contributed by atoms with Gasteiger partial charge in [-0.3, -0.25) is 9.59 Å². The summed E-state index contributed by atoms with van der Waals surface area (Å²) in [5.74, 6) is -1.01. The molecule has 0 aliphatic carbocycles. The lowest BCUT2D eigenvalue weighted by Crippen LogP contribution is -2.28. The van der Waals surface area contributed by atoms with Crippen LogP contribution in [-0.2, 0) is 24.3 Å². The quantitative estimate of drug-likeness (QED) is 0.636. The van der Waals surface area contributed by atoms with Crippen LogP contribution in [0.1, 0.15) is 29.0 Å². The third-order valence-corrected chi connectivity index (χ3v) is 5.58. The second-order valence-corrected chi connectivity index (χ2v) is 8.03. The molecule has 0 aliphatic rings. The van der Waals surface area contributed by atoms with E-state index < -0.39 is 28.5 Å². The first-order chi connectivity index (χ1) is 13.1. The molecule has 152 valence electrons. The summed E-state index contributed by atoms with van der Waals surface area (Å²) in [7, 11) is -3.85. The van der Waals surface area contributed by atoms with Crippen molar-refractivity contribution in [3.63, 3.8) is 0 Å². The lowest BCUT2D eigenvalue weighted by Gasteiger charge is -2.10.